The molecule has 1 unspecified atom stereocenters. The molecule has 1 saturated carbocycles. The second kappa shape index (κ2) is 6.48. The first-order valence-corrected chi connectivity index (χ1v) is 6.74. The minimum absolute atomic E-state index is 0.905. The highest BCUT2D eigenvalue weighted by Crippen LogP contribution is 2.42. The van der Waals surface area contributed by atoms with Crippen LogP contribution >= 0.6 is 0 Å². The van der Waals surface area contributed by atoms with Gasteiger partial charge in [0.15, 0.2) is 0 Å². The molecule has 0 spiro atoms. The summed E-state index contributed by atoms with van der Waals surface area (Å²) in [6.07, 6.45) is 11.9. The van der Waals surface area contributed by atoms with Gasteiger partial charge in [-0.05, 0) is 37.0 Å². The quantitative estimate of drug-likeness (QED) is 0.478. The molecule has 0 saturated heterocycles. The molecule has 0 bridgehead atoms. The van der Waals surface area contributed by atoms with Gasteiger partial charge in [-0.25, -0.2) is 0 Å². The third-order valence-electron chi connectivity index (χ3n) is 3.58. The summed E-state index contributed by atoms with van der Waals surface area (Å²) in [5.41, 5.74) is 0. The highest BCUT2D eigenvalue weighted by atomic mass is 14.4. The van der Waals surface area contributed by atoms with Crippen LogP contribution in [0.5, 0.6) is 0 Å². The van der Waals surface area contributed by atoms with Gasteiger partial charge in [-0.3, -0.25) is 0 Å². The summed E-state index contributed by atoms with van der Waals surface area (Å²) in [5.74, 6) is 3.12. The standard InChI is InChI=1S/C14H28/c1-4-5-6-7-13(14-10-11-14)9-8-12(2)3/h12-14H,4-11H2,1-3H3. The smallest absolute Gasteiger partial charge is 0.0386 e. The second-order valence-electron chi connectivity index (χ2n) is 5.56. The van der Waals surface area contributed by atoms with E-state index in [1.54, 1.807) is 0 Å². The molecule has 0 aliphatic heterocycles. The van der Waals surface area contributed by atoms with Crippen molar-refractivity contribution in [2.45, 2.75) is 72.1 Å². The highest BCUT2D eigenvalue weighted by Gasteiger charge is 2.30. The molecule has 0 aromatic rings. The van der Waals surface area contributed by atoms with Gasteiger partial charge in [0.25, 0.3) is 0 Å². The predicted octanol–water partition coefficient (Wildman–Crippen LogP) is 5.03. The maximum Gasteiger partial charge on any atom is -0.0386 e. The van der Waals surface area contributed by atoms with Crippen molar-refractivity contribution in [2.75, 3.05) is 0 Å². The largest absolute Gasteiger partial charge is 0.0654 e. The zero-order valence-corrected chi connectivity index (χ0v) is 10.4. The summed E-state index contributed by atoms with van der Waals surface area (Å²) < 4.78 is 0. The van der Waals surface area contributed by atoms with Gasteiger partial charge < -0.3 is 0 Å². The van der Waals surface area contributed by atoms with Crippen LogP contribution in [-0.4, -0.2) is 0 Å². The molecule has 1 aliphatic carbocycles. The molecule has 0 aromatic carbocycles. The van der Waals surface area contributed by atoms with Gasteiger partial charge in [-0.15, -0.1) is 0 Å². The van der Waals surface area contributed by atoms with Crippen molar-refractivity contribution in [3.8, 4) is 0 Å². The normalized spacial score (nSPS) is 18.9. The molecular weight excluding hydrogens is 168 g/mol. The van der Waals surface area contributed by atoms with Crippen molar-refractivity contribution in [1.82, 2.24) is 0 Å². The van der Waals surface area contributed by atoms with Crippen LogP contribution in [0.1, 0.15) is 72.1 Å². The van der Waals surface area contributed by atoms with Crippen molar-refractivity contribution in [1.29, 1.82) is 0 Å². The molecule has 0 N–H and O–H groups in total. The van der Waals surface area contributed by atoms with E-state index in [9.17, 15) is 0 Å². The Bertz CT molecular complexity index is 133. The Balaban J connectivity index is 2.11. The summed E-state index contributed by atoms with van der Waals surface area (Å²) in [6.45, 7) is 7.02. The Morgan fingerprint density at radius 1 is 1.00 bits per heavy atom. The fourth-order valence-electron chi connectivity index (χ4n) is 2.39. The van der Waals surface area contributed by atoms with E-state index < -0.39 is 0 Å². The summed E-state index contributed by atoms with van der Waals surface area (Å²) in [4.78, 5) is 0. The topological polar surface area (TPSA) is 0 Å². The molecule has 1 aliphatic rings. The van der Waals surface area contributed by atoms with Crippen molar-refractivity contribution in [2.24, 2.45) is 17.8 Å². The fourth-order valence-corrected chi connectivity index (χ4v) is 2.39. The number of unbranched alkanes of at least 4 members (excludes halogenated alkanes) is 2. The average Bonchev–Trinajstić information content (AvgIpc) is 2.94. The Morgan fingerprint density at radius 3 is 2.21 bits per heavy atom. The van der Waals surface area contributed by atoms with Crippen molar-refractivity contribution >= 4 is 0 Å². The number of hydrogen-bond donors (Lipinski definition) is 0. The maximum absolute atomic E-state index is 2.36. The molecule has 1 rings (SSSR count). The van der Waals surface area contributed by atoms with Crippen LogP contribution in [-0.2, 0) is 0 Å². The summed E-state index contributed by atoms with van der Waals surface area (Å²) >= 11 is 0. The minimum atomic E-state index is 0.905. The first-order valence-electron chi connectivity index (χ1n) is 6.74. The summed E-state index contributed by atoms with van der Waals surface area (Å²) in [7, 11) is 0. The first-order chi connectivity index (χ1) is 6.74. The molecule has 1 atom stereocenters. The Morgan fingerprint density at radius 2 is 1.71 bits per heavy atom. The van der Waals surface area contributed by atoms with E-state index in [4.69, 9.17) is 0 Å². The van der Waals surface area contributed by atoms with Gasteiger partial charge in [0, 0.05) is 0 Å². The van der Waals surface area contributed by atoms with Crippen LogP contribution in [0, 0.1) is 17.8 Å². The van der Waals surface area contributed by atoms with Crippen LogP contribution in [0.3, 0.4) is 0 Å². The molecule has 84 valence electrons. The molecule has 0 nitrogen and oxygen atoms in total. The van der Waals surface area contributed by atoms with Crippen molar-refractivity contribution < 1.29 is 0 Å². The molecule has 14 heavy (non-hydrogen) atoms. The lowest BCUT2D eigenvalue weighted by Crippen LogP contribution is -2.05. The zero-order chi connectivity index (χ0) is 10.4. The van der Waals surface area contributed by atoms with E-state index in [1.807, 2.05) is 0 Å². The second-order valence-corrected chi connectivity index (χ2v) is 5.56. The van der Waals surface area contributed by atoms with Crippen LogP contribution in [0.4, 0.5) is 0 Å². The lowest BCUT2D eigenvalue weighted by atomic mass is 9.89. The Labute approximate surface area is 90.5 Å². The highest BCUT2D eigenvalue weighted by molar-refractivity contribution is 4.81. The average molecular weight is 196 g/mol. The van der Waals surface area contributed by atoms with E-state index >= 15 is 0 Å². The molecule has 0 heterocycles. The maximum atomic E-state index is 2.36. The van der Waals surface area contributed by atoms with E-state index in [0.29, 0.717) is 0 Å². The van der Waals surface area contributed by atoms with E-state index in [0.717, 1.165) is 17.8 Å². The first kappa shape index (κ1) is 12.1. The molecule has 0 aromatic heterocycles. The van der Waals surface area contributed by atoms with E-state index in [-0.39, 0.29) is 0 Å². The van der Waals surface area contributed by atoms with Crippen molar-refractivity contribution in [3.05, 3.63) is 0 Å². The lowest BCUT2D eigenvalue weighted by molar-refractivity contribution is 0.350. The van der Waals surface area contributed by atoms with Gasteiger partial charge in [0.2, 0.25) is 0 Å². The molecular formula is C14H28. The van der Waals surface area contributed by atoms with Crippen LogP contribution in [0.25, 0.3) is 0 Å². The van der Waals surface area contributed by atoms with Crippen LogP contribution < -0.4 is 0 Å². The monoisotopic (exact) mass is 196 g/mol. The zero-order valence-electron chi connectivity index (χ0n) is 10.4. The molecule has 0 heteroatoms. The predicted molar refractivity (Wildman–Crippen MR) is 64.4 cm³/mol. The van der Waals surface area contributed by atoms with Crippen LogP contribution in [0.2, 0.25) is 0 Å². The molecule has 0 radical (unpaired) electrons. The SMILES string of the molecule is CCCCCC(CCC(C)C)C1CC1. The van der Waals surface area contributed by atoms with Gasteiger partial charge in [0.1, 0.15) is 0 Å². The van der Waals surface area contributed by atoms with Crippen LogP contribution in [0.15, 0.2) is 0 Å². The van der Waals surface area contributed by atoms with Gasteiger partial charge >= 0.3 is 0 Å². The third-order valence-corrected chi connectivity index (χ3v) is 3.58. The lowest BCUT2D eigenvalue weighted by Gasteiger charge is -2.17. The molecule has 0 amide bonds. The minimum Gasteiger partial charge on any atom is -0.0654 e. The van der Waals surface area contributed by atoms with Gasteiger partial charge in [-0.2, -0.15) is 0 Å². The Kier molecular flexibility index (Phi) is 5.59. The van der Waals surface area contributed by atoms with Crippen molar-refractivity contribution in [3.63, 3.8) is 0 Å². The Hall–Kier alpha value is 0. The third kappa shape index (κ3) is 5.02. The summed E-state index contributed by atoms with van der Waals surface area (Å²) in [6, 6.07) is 0. The molecule has 1 fully saturated rings. The van der Waals surface area contributed by atoms with E-state index in [2.05, 4.69) is 20.8 Å². The number of rotatable bonds is 8. The number of hydrogen-bond acceptors (Lipinski definition) is 0. The fraction of sp³-hybridized carbons (Fsp3) is 1.00. The van der Waals surface area contributed by atoms with Gasteiger partial charge in [0.05, 0.1) is 0 Å². The van der Waals surface area contributed by atoms with E-state index in [1.165, 1.54) is 51.4 Å². The summed E-state index contributed by atoms with van der Waals surface area (Å²) in [5, 5.41) is 0. The van der Waals surface area contributed by atoms with Gasteiger partial charge in [-0.1, -0.05) is 52.9 Å².